The zero-order valence-corrected chi connectivity index (χ0v) is 33.0. The van der Waals surface area contributed by atoms with E-state index in [1.54, 1.807) is 60.7 Å². The van der Waals surface area contributed by atoms with Crippen LogP contribution in [0.2, 0.25) is 0 Å². The Balaban J connectivity index is 0.000000171. The van der Waals surface area contributed by atoms with Crippen molar-refractivity contribution in [3.05, 3.63) is 157 Å². The van der Waals surface area contributed by atoms with Crippen LogP contribution in [0.5, 0.6) is 0 Å². The number of alkyl halides is 6. The molecule has 0 radical (unpaired) electrons. The van der Waals surface area contributed by atoms with E-state index < -0.39 is 35.4 Å². The van der Waals surface area contributed by atoms with Gasteiger partial charge in [0.2, 0.25) is 0 Å². The molecule has 10 nitrogen and oxygen atoms in total. The number of hydrogen-bond acceptors (Lipinski definition) is 8. The molecule has 18 heteroatoms. The van der Waals surface area contributed by atoms with Gasteiger partial charge in [-0.1, -0.05) is 109 Å². The maximum absolute atomic E-state index is 13.1. The molecule has 0 saturated heterocycles. The molecule has 4 heterocycles. The summed E-state index contributed by atoms with van der Waals surface area (Å²) in [6.07, 6.45) is -6.36. The monoisotopic (exact) mass is 916 g/mol. The summed E-state index contributed by atoms with van der Waals surface area (Å²) in [4.78, 5) is 30.2. The fourth-order valence-electron chi connectivity index (χ4n) is 5.84. The largest absolute Gasteiger partial charge is 0.479 e. The van der Waals surface area contributed by atoms with E-state index in [4.69, 9.17) is 10.2 Å². The van der Waals surface area contributed by atoms with Gasteiger partial charge in [0.25, 0.3) is 11.1 Å². The molecule has 2 aliphatic rings. The van der Waals surface area contributed by atoms with Gasteiger partial charge in [0.1, 0.15) is 11.4 Å². The molecule has 0 amide bonds. The Morgan fingerprint density at radius 3 is 1.20 bits per heavy atom. The van der Waals surface area contributed by atoms with Gasteiger partial charge in [0.15, 0.2) is 0 Å². The standard InChI is InChI=1S/2C14H8F3N3O2.C13H13P.Ru/c2*15-14(16,17)13(12(21)22)7-10(19-20-13)11-9-4-2-1-3-8(9)5-6-18-11;1-14(12-8-4-2-5-9-12)13-10-6-3-7-11-13;/h2*1-7H,(H,21,22);2-11H,1H3;. The third kappa shape index (κ3) is 9.01. The molecule has 4 aromatic carbocycles. The van der Waals surface area contributed by atoms with Crippen LogP contribution in [0.15, 0.2) is 166 Å². The number of carboxylic acids is 2. The van der Waals surface area contributed by atoms with E-state index in [0.29, 0.717) is 22.9 Å². The molecule has 2 N–H and O–H groups in total. The number of aliphatic carboxylic acids is 2. The first-order chi connectivity index (χ1) is 27.6. The number of benzene rings is 4. The van der Waals surface area contributed by atoms with Crippen molar-refractivity contribution in [2.75, 3.05) is 6.66 Å². The van der Waals surface area contributed by atoms with E-state index in [1.807, 2.05) is 0 Å². The van der Waals surface area contributed by atoms with Gasteiger partial charge < -0.3 is 10.2 Å². The van der Waals surface area contributed by atoms with Gasteiger partial charge in [-0.3, -0.25) is 9.97 Å². The number of rotatable bonds is 6. The Labute approximate surface area is 345 Å². The van der Waals surface area contributed by atoms with Crippen molar-refractivity contribution in [2.24, 2.45) is 20.5 Å². The first-order valence-electron chi connectivity index (χ1n) is 17.0. The van der Waals surface area contributed by atoms with E-state index in [2.05, 4.69) is 97.8 Å². The third-order valence-corrected chi connectivity index (χ3v) is 11.1. The first kappa shape index (κ1) is 44.1. The molecule has 2 unspecified atom stereocenters. The molecule has 2 aliphatic heterocycles. The normalized spacial score (nSPS) is 18.2. The SMILES string of the molecule is CP(c1ccccc1)c1ccccc1.O=C(O)C1(C(F)(F)F)C=C(c2nccc3ccccc23)N=N1.O=C(O)C1(C(F)(F)F)C=C(c2nccc3ccccc23)N=N1.[Ru]. The summed E-state index contributed by atoms with van der Waals surface area (Å²) >= 11 is 0. The van der Waals surface area contributed by atoms with Crippen LogP contribution in [0.4, 0.5) is 26.3 Å². The first-order valence-corrected chi connectivity index (χ1v) is 18.8. The average molecular weight is 916 g/mol. The van der Waals surface area contributed by atoms with Crippen LogP contribution in [0.25, 0.3) is 32.9 Å². The second-order valence-electron chi connectivity index (χ2n) is 12.6. The minimum atomic E-state index is -5.09. The van der Waals surface area contributed by atoms with Gasteiger partial charge in [-0.05, 0) is 60.3 Å². The molecule has 0 spiro atoms. The Morgan fingerprint density at radius 2 is 0.881 bits per heavy atom. The predicted octanol–water partition coefficient (Wildman–Crippen LogP) is 9.60. The fourth-order valence-corrected chi connectivity index (χ4v) is 7.37. The Kier molecular flexibility index (Phi) is 13.3. The summed E-state index contributed by atoms with van der Waals surface area (Å²) < 4.78 is 78.4. The zero-order chi connectivity index (χ0) is 41.7. The Hall–Kier alpha value is -6.05. The molecule has 0 aliphatic carbocycles. The second-order valence-corrected chi connectivity index (χ2v) is 14.7. The minimum absolute atomic E-state index is 0. The van der Waals surface area contributed by atoms with Gasteiger partial charge >= 0.3 is 24.3 Å². The molecule has 2 atom stereocenters. The van der Waals surface area contributed by atoms with Crippen molar-refractivity contribution in [1.82, 2.24) is 9.97 Å². The number of fused-ring (bicyclic) bond motifs is 2. The summed E-state index contributed by atoms with van der Waals surface area (Å²) in [5.74, 6) is -4.25. The second kappa shape index (κ2) is 17.8. The summed E-state index contributed by atoms with van der Waals surface area (Å²) in [5.41, 5.74) is -6.82. The summed E-state index contributed by atoms with van der Waals surface area (Å²) in [7, 11) is -0.171. The molecule has 8 rings (SSSR count). The molecule has 0 fully saturated rings. The van der Waals surface area contributed by atoms with Crippen LogP contribution in [0.1, 0.15) is 11.4 Å². The maximum atomic E-state index is 13.1. The molecule has 6 aromatic rings. The molecule has 302 valence electrons. The van der Waals surface area contributed by atoms with Gasteiger partial charge in [0.05, 0.1) is 11.4 Å². The quantitative estimate of drug-likeness (QED) is 0.0966. The van der Waals surface area contributed by atoms with Crippen LogP contribution < -0.4 is 10.6 Å². The third-order valence-electron chi connectivity index (χ3n) is 8.96. The molecule has 59 heavy (non-hydrogen) atoms. The van der Waals surface area contributed by atoms with Crippen LogP contribution in [-0.4, -0.2) is 62.2 Å². The molecule has 0 saturated carbocycles. The van der Waals surface area contributed by atoms with Crippen molar-refractivity contribution in [3.8, 4) is 0 Å². The van der Waals surface area contributed by atoms with Crippen molar-refractivity contribution < 1.29 is 65.6 Å². The van der Waals surface area contributed by atoms with Crippen LogP contribution in [0.3, 0.4) is 0 Å². The van der Waals surface area contributed by atoms with E-state index in [-0.39, 0.29) is 50.2 Å². The summed E-state index contributed by atoms with van der Waals surface area (Å²) in [5, 5.41) is 36.2. The summed E-state index contributed by atoms with van der Waals surface area (Å²) in [6, 6.07) is 38.6. The van der Waals surface area contributed by atoms with Crippen molar-refractivity contribution in [2.45, 2.75) is 23.4 Å². The van der Waals surface area contributed by atoms with Gasteiger partial charge in [-0.25, -0.2) is 9.59 Å². The predicted molar refractivity (Wildman–Crippen MR) is 207 cm³/mol. The van der Waals surface area contributed by atoms with Crippen LogP contribution in [-0.2, 0) is 29.1 Å². The zero-order valence-electron chi connectivity index (χ0n) is 30.3. The topological polar surface area (TPSA) is 150 Å². The van der Waals surface area contributed by atoms with Gasteiger partial charge in [-0.15, -0.1) is 0 Å². The van der Waals surface area contributed by atoms with E-state index in [0.717, 1.165) is 10.8 Å². The number of halogens is 6. The fraction of sp³-hybridized carbons (Fsp3) is 0.122. The molecule has 0 bridgehead atoms. The number of aromatic nitrogens is 2. The Bertz CT molecular complexity index is 2420. The molecular formula is C41H29F6N6O4PRu. The Morgan fingerprint density at radius 1 is 0.542 bits per heavy atom. The number of pyridine rings is 2. The number of azo groups is 2. The number of carbonyl (C=O) groups is 2. The maximum Gasteiger partial charge on any atom is 0.430 e. The smallest absolute Gasteiger partial charge is 0.430 e. The van der Waals surface area contributed by atoms with Crippen molar-refractivity contribution in [1.29, 1.82) is 0 Å². The van der Waals surface area contributed by atoms with Crippen LogP contribution >= 0.6 is 7.92 Å². The minimum Gasteiger partial charge on any atom is -0.479 e. The number of hydrogen-bond donors (Lipinski definition) is 2. The molecule has 2 aromatic heterocycles. The number of nitrogens with zero attached hydrogens (tertiary/aromatic N) is 6. The van der Waals surface area contributed by atoms with Crippen LogP contribution in [0, 0.1) is 0 Å². The molecular weight excluding hydrogens is 887 g/mol. The van der Waals surface area contributed by atoms with E-state index >= 15 is 0 Å². The average Bonchev–Trinajstić information content (AvgIpc) is 3.90. The van der Waals surface area contributed by atoms with Gasteiger partial charge in [-0.2, -0.15) is 46.8 Å². The number of carboxylic acid groups (broad SMARTS) is 2. The van der Waals surface area contributed by atoms with Crippen molar-refractivity contribution >= 4 is 63.4 Å². The van der Waals surface area contributed by atoms with E-state index in [1.165, 1.54) is 23.0 Å². The summed E-state index contributed by atoms with van der Waals surface area (Å²) in [6.45, 7) is 2.31. The van der Waals surface area contributed by atoms with E-state index in [9.17, 15) is 35.9 Å². The van der Waals surface area contributed by atoms with Gasteiger partial charge in [0, 0.05) is 42.6 Å². The van der Waals surface area contributed by atoms with Crippen molar-refractivity contribution in [3.63, 3.8) is 0 Å².